The molecule has 0 aliphatic carbocycles. The molecule has 2 nitrogen and oxygen atoms in total. The number of carbonyl (C=O) groups excluding carboxylic acids is 1. The van der Waals surface area contributed by atoms with E-state index < -0.39 is 0 Å². The van der Waals surface area contributed by atoms with Crippen molar-refractivity contribution in [3.05, 3.63) is 64.7 Å². The molecule has 0 fully saturated rings. The van der Waals surface area contributed by atoms with Gasteiger partial charge in [-0.2, -0.15) is 0 Å². The van der Waals surface area contributed by atoms with Crippen LogP contribution in [0.5, 0.6) is 5.75 Å². The molecule has 0 amide bonds. The smallest absolute Gasteiger partial charge is 0.196 e. The molecule has 0 saturated carbocycles. The number of hydrogen-bond acceptors (Lipinski definition) is 2. The number of halogens is 2. The maximum atomic E-state index is 12.4. The fourth-order valence-corrected chi connectivity index (χ4v) is 1.95. The predicted molar refractivity (Wildman–Crippen MR) is 77.5 cm³/mol. The maximum absolute atomic E-state index is 12.4. The summed E-state index contributed by atoms with van der Waals surface area (Å²) in [5, 5.41) is 0.498. The highest BCUT2D eigenvalue weighted by Crippen LogP contribution is 2.25. The summed E-state index contributed by atoms with van der Waals surface area (Å²) in [4.78, 5) is 12.4. The summed E-state index contributed by atoms with van der Waals surface area (Å²) in [6.45, 7) is 0.345. The first-order valence-electron chi connectivity index (χ1n) is 5.80. The van der Waals surface area contributed by atoms with E-state index in [9.17, 15) is 4.79 Å². The third-order valence-electron chi connectivity index (χ3n) is 2.56. The minimum Gasteiger partial charge on any atom is -0.492 e. The minimum absolute atomic E-state index is 0.118. The Morgan fingerprint density at radius 2 is 1.84 bits per heavy atom. The van der Waals surface area contributed by atoms with Crippen LogP contribution in [0, 0.1) is 0 Å². The Kier molecular flexibility index (Phi) is 4.83. The van der Waals surface area contributed by atoms with Crippen LogP contribution in [-0.2, 0) is 0 Å². The first-order chi connectivity index (χ1) is 9.22. The van der Waals surface area contributed by atoms with Crippen molar-refractivity contribution in [2.24, 2.45) is 0 Å². The highest BCUT2D eigenvalue weighted by Gasteiger charge is 2.15. The summed E-state index contributed by atoms with van der Waals surface area (Å²) in [6, 6.07) is 14.0. The number of ketones is 1. The molecule has 2 aromatic rings. The molecular weight excluding hydrogens is 283 g/mol. The highest BCUT2D eigenvalue weighted by molar-refractivity contribution is 6.31. The van der Waals surface area contributed by atoms with Crippen LogP contribution in [0.2, 0.25) is 5.02 Å². The second-order valence-corrected chi connectivity index (χ2v) is 4.69. The zero-order chi connectivity index (χ0) is 13.7. The first-order valence-corrected chi connectivity index (χ1v) is 6.71. The van der Waals surface area contributed by atoms with E-state index in [1.165, 1.54) is 0 Å². The van der Waals surface area contributed by atoms with Crippen LogP contribution in [0.15, 0.2) is 48.5 Å². The molecule has 0 aromatic heterocycles. The van der Waals surface area contributed by atoms with Gasteiger partial charge in [0.05, 0.1) is 11.4 Å². The van der Waals surface area contributed by atoms with Gasteiger partial charge in [0.2, 0.25) is 0 Å². The lowest BCUT2D eigenvalue weighted by molar-refractivity contribution is 0.103. The average molecular weight is 295 g/mol. The van der Waals surface area contributed by atoms with Gasteiger partial charge >= 0.3 is 0 Å². The van der Waals surface area contributed by atoms with Gasteiger partial charge in [0.15, 0.2) is 5.78 Å². The molecule has 4 heteroatoms. The van der Waals surface area contributed by atoms with Crippen LogP contribution in [0.4, 0.5) is 0 Å². The van der Waals surface area contributed by atoms with Crippen LogP contribution < -0.4 is 4.74 Å². The molecule has 0 N–H and O–H groups in total. The van der Waals surface area contributed by atoms with E-state index in [-0.39, 0.29) is 5.78 Å². The van der Waals surface area contributed by atoms with Crippen molar-refractivity contribution in [2.45, 2.75) is 0 Å². The molecule has 0 heterocycles. The summed E-state index contributed by atoms with van der Waals surface area (Å²) in [5.74, 6) is 0.744. The Morgan fingerprint density at radius 3 is 2.53 bits per heavy atom. The molecule has 0 unspecified atom stereocenters. The summed E-state index contributed by atoms with van der Waals surface area (Å²) in [6.07, 6.45) is 0. The number of alkyl halides is 1. The van der Waals surface area contributed by atoms with Crippen LogP contribution in [0.1, 0.15) is 15.9 Å². The van der Waals surface area contributed by atoms with Crippen molar-refractivity contribution in [1.82, 2.24) is 0 Å². The van der Waals surface area contributed by atoms with Gasteiger partial charge in [-0.05, 0) is 18.2 Å². The van der Waals surface area contributed by atoms with Crippen molar-refractivity contribution in [2.75, 3.05) is 12.5 Å². The zero-order valence-electron chi connectivity index (χ0n) is 10.1. The fourth-order valence-electron chi connectivity index (χ4n) is 1.70. The van der Waals surface area contributed by atoms with Crippen molar-refractivity contribution < 1.29 is 9.53 Å². The lowest BCUT2D eigenvalue weighted by Gasteiger charge is -2.10. The van der Waals surface area contributed by atoms with Crippen LogP contribution in [0.25, 0.3) is 0 Å². The number of benzene rings is 2. The minimum atomic E-state index is -0.118. The largest absolute Gasteiger partial charge is 0.492 e. The Hall–Kier alpha value is -1.51. The number of carbonyl (C=O) groups is 1. The molecule has 0 radical (unpaired) electrons. The van der Waals surface area contributed by atoms with Crippen LogP contribution in [-0.4, -0.2) is 18.3 Å². The van der Waals surface area contributed by atoms with Gasteiger partial charge in [0.25, 0.3) is 0 Å². The Morgan fingerprint density at radius 1 is 1.11 bits per heavy atom. The van der Waals surface area contributed by atoms with E-state index in [2.05, 4.69) is 0 Å². The van der Waals surface area contributed by atoms with E-state index >= 15 is 0 Å². The predicted octanol–water partition coefficient (Wildman–Crippen LogP) is 4.19. The Balaban J connectivity index is 2.37. The van der Waals surface area contributed by atoms with Gasteiger partial charge in [0, 0.05) is 10.6 Å². The van der Waals surface area contributed by atoms with Gasteiger partial charge in [0.1, 0.15) is 12.4 Å². The average Bonchev–Trinajstić information content (AvgIpc) is 2.46. The fraction of sp³-hybridized carbons (Fsp3) is 0.133. The molecule has 0 bridgehead atoms. The van der Waals surface area contributed by atoms with Gasteiger partial charge in [-0.3, -0.25) is 4.79 Å². The molecule has 98 valence electrons. The topological polar surface area (TPSA) is 26.3 Å². The molecule has 19 heavy (non-hydrogen) atoms. The normalized spacial score (nSPS) is 10.2. The molecule has 0 spiro atoms. The Bertz CT molecular complexity index is 568. The van der Waals surface area contributed by atoms with Gasteiger partial charge in [-0.15, -0.1) is 11.6 Å². The van der Waals surface area contributed by atoms with E-state index in [1.54, 1.807) is 30.3 Å². The van der Waals surface area contributed by atoms with E-state index in [4.69, 9.17) is 27.9 Å². The van der Waals surface area contributed by atoms with E-state index in [1.807, 2.05) is 18.2 Å². The summed E-state index contributed by atoms with van der Waals surface area (Å²) in [7, 11) is 0. The second kappa shape index (κ2) is 6.60. The SMILES string of the molecule is O=C(c1ccccc1)c1cc(Cl)ccc1OCCCl. The lowest BCUT2D eigenvalue weighted by atomic mass is 10.0. The van der Waals surface area contributed by atoms with Crippen molar-refractivity contribution in [1.29, 1.82) is 0 Å². The Labute approximate surface area is 121 Å². The van der Waals surface area contributed by atoms with Crippen LogP contribution in [0.3, 0.4) is 0 Å². The molecule has 0 aliphatic rings. The highest BCUT2D eigenvalue weighted by atomic mass is 35.5. The van der Waals surface area contributed by atoms with E-state index in [0.717, 1.165) is 0 Å². The van der Waals surface area contributed by atoms with Crippen molar-refractivity contribution in [3.63, 3.8) is 0 Å². The van der Waals surface area contributed by atoms with Gasteiger partial charge < -0.3 is 4.74 Å². The van der Waals surface area contributed by atoms with Gasteiger partial charge in [-0.1, -0.05) is 41.9 Å². The quantitative estimate of drug-likeness (QED) is 0.610. The molecule has 0 saturated heterocycles. The third-order valence-corrected chi connectivity index (χ3v) is 2.95. The van der Waals surface area contributed by atoms with Crippen LogP contribution >= 0.6 is 23.2 Å². The summed E-state index contributed by atoms with van der Waals surface area (Å²) in [5.41, 5.74) is 1.05. The summed E-state index contributed by atoms with van der Waals surface area (Å²) >= 11 is 11.5. The third kappa shape index (κ3) is 3.49. The molecule has 2 aromatic carbocycles. The number of rotatable bonds is 5. The van der Waals surface area contributed by atoms with Crippen molar-refractivity contribution >= 4 is 29.0 Å². The van der Waals surface area contributed by atoms with E-state index in [0.29, 0.717) is 34.4 Å². The number of ether oxygens (including phenoxy) is 1. The maximum Gasteiger partial charge on any atom is 0.196 e. The lowest BCUT2D eigenvalue weighted by Crippen LogP contribution is -2.07. The molecule has 2 rings (SSSR count). The standard InChI is InChI=1S/C15H12Cl2O2/c16-8-9-19-14-7-6-12(17)10-13(14)15(18)11-4-2-1-3-5-11/h1-7,10H,8-9H2. The molecule has 0 atom stereocenters. The summed E-state index contributed by atoms with van der Waals surface area (Å²) < 4.78 is 5.47. The second-order valence-electron chi connectivity index (χ2n) is 3.87. The van der Waals surface area contributed by atoms with Crippen molar-refractivity contribution in [3.8, 4) is 5.75 Å². The van der Waals surface area contributed by atoms with Gasteiger partial charge in [-0.25, -0.2) is 0 Å². The zero-order valence-corrected chi connectivity index (χ0v) is 11.6. The molecule has 0 aliphatic heterocycles. The molecular formula is C15H12Cl2O2. The first kappa shape index (κ1) is 13.9. The number of hydrogen-bond donors (Lipinski definition) is 0. The monoisotopic (exact) mass is 294 g/mol.